The van der Waals surface area contributed by atoms with Crippen LogP contribution in [0.2, 0.25) is 0 Å². The van der Waals surface area contributed by atoms with Crippen LogP contribution in [0.25, 0.3) is 0 Å². The zero-order chi connectivity index (χ0) is 16.4. The molecule has 0 radical (unpaired) electrons. The largest absolute Gasteiger partial charge is 0.352 e. The van der Waals surface area contributed by atoms with Gasteiger partial charge in [0.1, 0.15) is 5.82 Å². The topological polar surface area (TPSA) is 49.8 Å². The molecular formula is C17H20F2N4. The van der Waals surface area contributed by atoms with Crippen LogP contribution in [0.3, 0.4) is 0 Å². The molecule has 2 aromatic rings. The molecule has 6 heteroatoms. The SMILES string of the molecule is CC[C@H](C)Nc1nc(Nc2cccc(F)c2F)cc(C2CC2)n1. The van der Waals surface area contributed by atoms with Crippen molar-refractivity contribution in [1.82, 2.24) is 9.97 Å². The summed E-state index contributed by atoms with van der Waals surface area (Å²) < 4.78 is 27.2. The molecule has 1 aromatic carbocycles. The maximum absolute atomic E-state index is 13.8. The molecule has 0 bridgehead atoms. The second kappa shape index (κ2) is 6.48. The number of hydrogen-bond donors (Lipinski definition) is 2. The lowest BCUT2D eigenvalue weighted by Crippen LogP contribution is -2.16. The number of anilines is 3. The second-order valence-electron chi connectivity index (χ2n) is 5.96. The Hall–Kier alpha value is -2.24. The summed E-state index contributed by atoms with van der Waals surface area (Å²) >= 11 is 0. The van der Waals surface area contributed by atoms with Gasteiger partial charge in [-0.15, -0.1) is 0 Å². The van der Waals surface area contributed by atoms with Gasteiger partial charge in [0.2, 0.25) is 5.95 Å². The highest BCUT2D eigenvalue weighted by atomic mass is 19.2. The number of hydrogen-bond acceptors (Lipinski definition) is 4. The third kappa shape index (κ3) is 3.75. The number of rotatable bonds is 6. The van der Waals surface area contributed by atoms with Crippen LogP contribution in [0.4, 0.5) is 26.2 Å². The molecule has 23 heavy (non-hydrogen) atoms. The molecule has 0 saturated heterocycles. The molecule has 1 fully saturated rings. The van der Waals surface area contributed by atoms with Gasteiger partial charge in [-0.3, -0.25) is 0 Å². The molecule has 122 valence electrons. The first-order chi connectivity index (χ1) is 11.1. The Bertz CT molecular complexity index is 701. The van der Waals surface area contributed by atoms with E-state index in [9.17, 15) is 8.78 Å². The summed E-state index contributed by atoms with van der Waals surface area (Å²) in [6.45, 7) is 4.12. The Kier molecular flexibility index (Phi) is 4.41. The lowest BCUT2D eigenvalue weighted by molar-refractivity contribution is 0.511. The minimum Gasteiger partial charge on any atom is -0.352 e. The van der Waals surface area contributed by atoms with E-state index in [-0.39, 0.29) is 11.7 Å². The number of halogens is 2. The summed E-state index contributed by atoms with van der Waals surface area (Å²) in [7, 11) is 0. The van der Waals surface area contributed by atoms with E-state index in [0.29, 0.717) is 17.7 Å². The maximum Gasteiger partial charge on any atom is 0.225 e. The highest BCUT2D eigenvalue weighted by Crippen LogP contribution is 2.40. The predicted octanol–water partition coefficient (Wildman–Crippen LogP) is 4.59. The molecule has 4 nitrogen and oxygen atoms in total. The zero-order valence-corrected chi connectivity index (χ0v) is 13.2. The Balaban J connectivity index is 1.89. The molecule has 0 amide bonds. The van der Waals surface area contributed by atoms with Gasteiger partial charge in [0, 0.05) is 18.0 Å². The quantitative estimate of drug-likeness (QED) is 0.818. The van der Waals surface area contributed by atoms with E-state index in [0.717, 1.165) is 31.0 Å². The summed E-state index contributed by atoms with van der Waals surface area (Å²) in [5.41, 5.74) is 1.00. The van der Waals surface area contributed by atoms with Gasteiger partial charge in [0.05, 0.1) is 11.4 Å². The van der Waals surface area contributed by atoms with Crippen LogP contribution >= 0.6 is 0 Å². The van der Waals surface area contributed by atoms with Gasteiger partial charge in [0.25, 0.3) is 0 Å². The van der Waals surface area contributed by atoms with Crippen LogP contribution in [0, 0.1) is 11.6 Å². The second-order valence-corrected chi connectivity index (χ2v) is 5.96. The average molecular weight is 318 g/mol. The van der Waals surface area contributed by atoms with Crippen molar-refractivity contribution in [2.24, 2.45) is 0 Å². The third-order valence-corrected chi connectivity index (χ3v) is 3.94. The molecule has 0 spiro atoms. The van der Waals surface area contributed by atoms with Crippen molar-refractivity contribution in [2.45, 2.75) is 45.1 Å². The molecule has 1 heterocycles. The first kappa shape index (κ1) is 15.6. The van der Waals surface area contributed by atoms with Gasteiger partial charge < -0.3 is 10.6 Å². The van der Waals surface area contributed by atoms with E-state index < -0.39 is 11.6 Å². The highest BCUT2D eigenvalue weighted by molar-refractivity contribution is 5.58. The molecule has 1 saturated carbocycles. The lowest BCUT2D eigenvalue weighted by Gasteiger charge is -2.14. The molecule has 1 atom stereocenters. The highest BCUT2D eigenvalue weighted by Gasteiger charge is 2.26. The summed E-state index contributed by atoms with van der Waals surface area (Å²) in [5, 5.41) is 6.10. The molecule has 1 aromatic heterocycles. The normalized spacial score (nSPS) is 15.3. The van der Waals surface area contributed by atoms with Crippen molar-refractivity contribution in [3.8, 4) is 0 Å². The first-order valence-electron chi connectivity index (χ1n) is 7.93. The van der Waals surface area contributed by atoms with Crippen LogP contribution in [-0.4, -0.2) is 16.0 Å². The summed E-state index contributed by atoms with van der Waals surface area (Å²) in [4.78, 5) is 8.91. The van der Waals surface area contributed by atoms with Crippen molar-refractivity contribution in [3.63, 3.8) is 0 Å². The van der Waals surface area contributed by atoms with E-state index in [4.69, 9.17) is 0 Å². The smallest absolute Gasteiger partial charge is 0.225 e. The lowest BCUT2D eigenvalue weighted by atomic mass is 10.2. The van der Waals surface area contributed by atoms with Crippen molar-refractivity contribution in [2.75, 3.05) is 10.6 Å². The standard InChI is InChI=1S/C17H20F2N4/c1-3-10(2)20-17-22-14(11-7-8-11)9-15(23-17)21-13-6-4-5-12(18)16(13)19/h4-6,9-11H,3,7-8H2,1-2H3,(H2,20,21,22,23)/t10-/m0/s1. The summed E-state index contributed by atoms with van der Waals surface area (Å²) in [6, 6.07) is 6.08. The van der Waals surface area contributed by atoms with E-state index in [2.05, 4.69) is 27.5 Å². The van der Waals surface area contributed by atoms with Crippen LogP contribution in [0.5, 0.6) is 0 Å². The molecule has 0 unspecified atom stereocenters. The molecule has 3 rings (SSSR count). The van der Waals surface area contributed by atoms with Crippen molar-refractivity contribution in [3.05, 3.63) is 41.6 Å². The zero-order valence-electron chi connectivity index (χ0n) is 13.2. The molecule has 1 aliphatic carbocycles. The number of aromatic nitrogens is 2. The van der Waals surface area contributed by atoms with Crippen molar-refractivity contribution in [1.29, 1.82) is 0 Å². The Morgan fingerprint density at radius 1 is 1.26 bits per heavy atom. The van der Waals surface area contributed by atoms with Crippen LogP contribution < -0.4 is 10.6 Å². The Morgan fingerprint density at radius 3 is 2.74 bits per heavy atom. The van der Waals surface area contributed by atoms with Gasteiger partial charge in [-0.25, -0.2) is 13.8 Å². The van der Waals surface area contributed by atoms with Gasteiger partial charge in [-0.2, -0.15) is 4.98 Å². The van der Waals surface area contributed by atoms with Gasteiger partial charge in [-0.05, 0) is 38.3 Å². The van der Waals surface area contributed by atoms with Gasteiger partial charge >= 0.3 is 0 Å². The monoisotopic (exact) mass is 318 g/mol. The fourth-order valence-corrected chi connectivity index (χ4v) is 2.24. The van der Waals surface area contributed by atoms with Crippen LogP contribution in [0.1, 0.15) is 44.7 Å². The average Bonchev–Trinajstić information content (AvgIpc) is 3.36. The van der Waals surface area contributed by atoms with E-state index in [1.807, 2.05) is 13.0 Å². The molecular weight excluding hydrogens is 298 g/mol. The first-order valence-corrected chi connectivity index (χ1v) is 7.93. The van der Waals surface area contributed by atoms with E-state index >= 15 is 0 Å². The number of nitrogens with zero attached hydrogens (tertiary/aromatic N) is 2. The van der Waals surface area contributed by atoms with E-state index in [1.54, 1.807) is 0 Å². The van der Waals surface area contributed by atoms with Crippen molar-refractivity contribution >= 4 is 17.5 Å². The Labute approximate surface area is 134 Å². The fraction of sp³-hybridized carbons (Fsp3) is 0.412. The predicted molar refractivity (Wildman–Crippen MR) is 87.0 cm³/mol. The van der Waals surface area contributed by atoms with Crippen LogP contribution in [-0.2, 0) is 0 Å². The van der Waals surface area contributed by atoms with E-state index in [1.165, 1.54) is 12.1 Å². The Morgan fingerprint density at radius 2 is 2.04 bits per heavy atom. The molecule has 0 aliphatic heterocycles. The van der Waals surface area contributed by atoms with Gasteiger partial charge in [0.15, 0.2) is 11.6 Å². The van der Waals surface area contributed by atoms with Gasteiger partial charge in [-0.1, -0.05) is 13.0 Å². The minimum atomic E-state index is -0.907. The molecule has 1 aliphatic rings. The fourth-order valence-electron chi connectivity index (χ4n) is 2.24. The minimum absolute atomic E-state index is 0.0694. The number of benzene rings is 1. The molecule has 2 N–H and O–H groups in total. The maximum atomic E-state index is 13.8. The summed E-state index contributed by atoms with van der Waals surface area (Å²) in [5.74, 6) is -0.367. The van der Waals surface area contributed by atoms with Crippen molar-refractivity contribution < 1.29 is 8.78 Å². The number of nitrogens with one attached hydrogen (secondary N) is 2. The van der Waals surface area contributed by atoms with Crippen LogP contribution in [0.15, 0.2) is 24.3 Å². The third-order valence-electron chi connectivity index (χ3n) is 3.94. The summed E-state index contributed by atoms with van der Waals surface area (Å²) in [6.07, 6.45) is 3.15.